The van der Waals surface area contributed by atoms with Gasteiger partial charge in [0.2, 0.25) is 11.8 Å². The quantitative estimate of drug-likeness (QED) is 0.504. The molecule has 0 bridgehead atoms. The van der Waals surface area contributed by atoms with E-state index < -0.39 is 11.8 Å². The molecule has 1 aromatic rings. The molecule has 28 heavy (non-hydrogen) atoms. The first-order valence-electron chi connectivity index (χ1n) is 9.20. The maximum Gasteiger partial charge on any atom is 0.309 e. The van der Waals surface area contributed by atoms with Gasteiger partial charge in [0.1, 0.15) is 0 Å². The molecule has 1 aliphatic rings. The van der Waals surface area contributed by atoms with Gasteiger partial charge in [-0.25, -0.2) is 0 Å². The average Bonchev–Trinajstić information content (AvgIpc) is 2.71. The van der Waals surface area contributed by atoms with E-state index >= 15 is 0 Å². The first kappa shape index (κ1) is 21.9. The van der Waals surface area contributed by atoms with Crippen LogP contribution in [0, 0.1) is 5.92 Å². The third-order valence-electron chi connectivity index (χ3n) is 4.46. The van der Waals surface area contributed by atoms with Crippen molar-refractivity contribution in [2.45, 2.75) is 32.6 Å². The molecule has 152 valence electrons. The Morgan fingerprint density at radius 3 is 2.32 bits per heavy atom. The second-order valence-corrected chi connectivity index (χ2v) is 7.33. The van der Waals surface area contributed by atoms with Crippen LogP contribution in [0.2, 0.25) is 0 Å². The summed E-state index contributed by atoms with van der Waals surface area (Å²) in [4.78, 5) is 49.4. The lowest BCUT2D eigenvalue weighted by Crippen LogP contribution is -2.43. The summed E-state index contributed by atoms with van der Waals surface area (Å²) in [6.45, 7) is 3.07. The van der Waals surface area contributed by atoms with Crippen LogP contribution in [-0.4, -0.2) is 48.3 Å². The summed E-state index contributed by atoms with van der Waals surface area (Å²) < 4.78 is 5.85. The van der Waals surface area contributed by atoms with Gasteiger partial charge < -0.3 is 9.64 Å². The van der Waals surface area contributed by atoms with E-state index in [1.807, 2.05) is 0 Å². The predicted molar refractivity (Wildman–Crippen MR) is 105 cm³/mol. The number of hydrogen-bond acceptors (Lipinski definition) is 5. The maximum atomic E-state index is 12.2. The molecule has 1 heterocycles. The zero-order valence-electron chi connectivity index (χ0n) is 15.7. The van der Waals surface area contributed by atoms with Gasteiger partial charge in [0.05, 0.1) is 12.5 Å². The maximum absolute atomic E-state index is 12.2. The Hall–Kier alpha value is -2.42. The lowest BCUT2D eigenvalue weighted by atomic mass is 9.97. The van der Waals surface area contributed by atoms with Gasteiger partial charge in [-0.05, 0) is 44.0 Å². The summed E-state index contributed by atoms with van der Waals surface area (Å²) >= 11 is 3.28. The molecular formula is C19H24BrN3O5. The third kappa shape index (κ3) is 6.63. The second-order valence-electron chi connectivity index (χ2n) is 6.42. The SMILES string of the molecule is CCOC(=O)C1CCN(C(=O)CCC(=O)NNC(=O)c2ccc(Br)cc2)CC1. The van der Waals surface area contributed by atoms with Gasteiger partial charge in [0.15, 0.2) is 0 Å². The molecular weight excluding hydrogens is 430 g/mol. The fraction of sp³-hybridized carbons (Fsp3) is 0.474. The number of esters is 1. The van der Waals surface area contributed by atoms with E-state index in [0.717, 1.165) is 4.47 Å². The van der Waals surface area contributed by atoms with Crippen molar-refractivity contribution in [3.8, 4) is 0 Å². The molecule has 0 radical (unpaired) electrons. The number of hydrazine groups is 1. The van der Waals surface area contributed by atoms with Gasteiger partial charge >= 0.3 is 5.97 Å². The first-order chi connectivity index (χ1) is 13.4. The molecule has 9 heteroatoms. The van der Waals surface area contributed by atoms with Gasteiger partial charge in [-0.1, -0.05) is 15.9 Å². The van der Waals surface area contributed by atoms with Crippen LogP contribution in [0.1, 0.15) is 43.0 Å². The Kier molecular flexibility index (Phi) is 8.43. The second kappa shape index (κ2) is 10.8. The molecule has 1 saturated heterocycles. The van der Waals surface area contributed by atoms with Gasteiger partial charge in [0.25, 0.3) is 5.91 Å². The smallest absolute Gasteiger partial charge is 0.309 e. The van der Waals surface area contributed by atoms with Gasteiger partial charge in [-0.3, -0.25) is 30.0 Å². The summed E-state index contributed by atoms with van der Waals surface area (Å²) in [5.41, 5.74) is 5.04. The van der Waals surface area contributed by atoms with Crippen LogP contribution in [0.25, 0.3) is 0 Å². The van der Waals surface area contributed by atoms with E-state index in [4.69, 9.17) is 4.74 Å². The number of carbonyl (C=O) groups excluding carboxylic acids is 4. The van der Waals surface area contributed by atoms with Crippen molar-refractivity contribution in [1.29, 1.82) is 0 Å². The summed E-state index contributed by atoms with van der Waals surface area (Å²) in [5, 5.41) is 0. The highest BCUT2D eigenvalue weighted by Crippen LogP contribution is 2.19. The molecule has 1 fully saturated rings. The van der Waals surface area contributed by atoms with Crippen LogP contribution in [0.15, 0.2) is 28.7 Å². The highest BCUT2D eigenvalue weighted by atomic mass is 79.9. The Labute approximate surface area is 172 Å². The van der Waals surface area contributed by atoms with Gasteiger partial charge in [-0.15, -0.1) is 0 Å². The zero-order valence-corrected chi connectivity index (χ0v) is 17.3. The first-order valence-corrected chi connectivity index (χ1v) is 9.99. The lowest BCUT2D eigenvalue weighted by molar-refractivity contribution is -0.151. The standard InChI is InChI=1S/C19H24BrN3O5/c1-2-28-19(27)14-9-11-23(12-10-14)17(25)8-7-16(24)21-22-18(26)13-3-5-15(20)6-4-13/h3-6,14H,2,7-12H2,1H3,(H,21,24)(H,22,26). The molecule has 0 saturated carbocycles. The molecule has 0 unspecified atom stereocenters. The lowest BCUT2D eigenvalue weighted by Gasteiger charge is -2.30. The number of likely N-dealkylation sites (tertiary alicyclic amines) is 1. The molecule has 2 rings (SSSR count). The van der Waals surface area contributed by atoms with Crippen LogP contribution in [-0.2, 0) is 19.1 Å². The summed E-state index contributed by atoms with van der Waals surface area (Å²) in [6, 6.07) is 6.69. The highest BCUT2D eigenvalue weighted by Gasteiger charge is 2.28. The Bertz CT molecular complexity index is 715. The summed E-state index contributed by atoms with van der Waals surface area (Å²) in [6.07, 6.45) is 1.15. The van der Waals surface area contributed by atoms with Crippen molar-refractivity contribution in [3.05, 3.63) is 34.3 Å². The Morgan fingerprint density at radius 2 is 1.71 bits per heavy atom. The molecule has 8 nitrogen and oxygen atoms in total. The van der Waals surface area contributed by atoms with Crippen molar-refractivity contribution >= 4 is 39.6 Å². The van der Waals surface area contributed by atoms with Crippen LogP contribution in [0.4, 0.5) is 0 Å². The number of benzene rings is 1. The third-order valence-corrected chi connectivity index (χ3v) is 4.98. The van der Waals surface area contributed by atoms with Crippen LogP contribution >= 0.6 is 15.9 Å². The van der Waals surface area contributed by atoms with Crippen molar-refractivity contribution in [2.75, 3.05) is 19.7 Å². The molecule has 1 aliphatic heterocycles. The molecule has 3 amide bonds. The molecule has 2 N–H and O–H groups in total. The van der Waals surface area contributed by atoms with E-state index in [1.54, 1.807) is 36.1 Å². The molecule has 0 atom stereocenters. The zero-order chi connectivity index (χ0) is 20.5. The van der Waals surface area contributed by atoms with Gasteiger partial charge in [0, 0.05) is 36.0 Å². The van der Waals surface area contributed by atoms with Crippen molar-refractivity contribution in [2.24, 2.45) is 5.92 Å². The summed E-state index contributed by atoms with van der Waals surface area (Å²) in [7, 11) is 0. The number of carbonyl (C=O) groups is 4. The van der Waals surface area contributed by atoms with Crippen molar-refractivity contribution in [3.63, 3.8) is 0 Å². The largest absolute Gasteiger partial charge is 0.466 e. The molecule has 0 aliphatic carbocycles. The normalized spacial score (nSPS) is 14.3. The van der Waals surface area contributed by atoms with E-state index in [2.05, 4.69) is 26.8 Å². The van der Waals surface area contributed by atoms with Crippen LogP contribution in [0.5, 0.6) is 0 Å². The minimum Gasteiger partial charge on any atom is -0.466 e. The number of ether oxygens (including phenoxy) is 1. The fourth-order valence-corrected chi connectivity index (χ4v) is 3.13. The Balaban J connectivity index is 1.67. The van der Waals surface area contributed by atoms with Crippen LogP contribution < -0.4 is 10.9 Å². The Morgan fingerprint density at radius 1 is 1.07 bits per heavy atom. The van der Waals surface area contributed by atoms with E-state index in [-0.39, 0.29) is 30.6 Å². The topological polar surface area (TPSA) is 105 Å². The van der Waals surface area contributed by atoms with Crippen LogP contribution in [0.3, 0.4) is 0 Å². The van der Waals surface area contributed by atoms with Gasteiger partial charge in [-0.2, -0.15) is 0 Å². The number of nitrogens with one attached hydrogen (secondary N) is 2. The van der Waals surface area contributed by atoms with Crippen molar-refractivity contribution < 1.29 is 23.9 Å². The number of rotatable bonds is 6. The number of hydrogen-bond donors (Lipinski definition) is 2. The monoisotopic (exact) mass is 453 g/mol. The number of amides is 3. The molecule has 0 aromatic heterocycles. The average molecular weight is 454 g/mol. The minimum atomic E-state index is -0.444. The number of nitrogens with zero attached hydrogens (tertiary/aromatic N) is 1. The van der Waals surface area contributed by atoms with Crippen molar-refractivity contribution in [1.82, 2.24) is 15.8 Å². The predicted octanol–water partition coefficient (Wildman–Crippen LogP) is 1.79. The fourth-order valence-electron chi connectivity index (χ4n) is 2.87. The highest BCUT2D eigenvalue weighted by molar-refractivity contribution is 9.10. The molecule has 0 spiro atoms. The molecule has 1 aromatic carbocycles. The number of piperidine rings is 1. The van der Waals surface area contributed by atoms with E-state index in [9.17, 15) is 19.2 Å². The number of halogens is 1. The minimum absolute atomic E-state index is 0.0305. The summed E-state index contributed by atoms with van der Waals surface area (Å²) in [5.74, 6) is -1.40. The van der Waals surface area contributed by atoms with E-state index in [0.29, 0.717) is 38.1 Å². The van der Waals surface area contributed by atoms with E-state index in [1.165, 1.54) is 0 Å².